The summed E-state index contributed by atoms with van der Waals surface area (Å²) < 4.78 is 18.4. The summed E-state index contributed by atoms with van der Waals surface area (Å²) in [5.41, 5.74) is 3.34. The van der Waals surface area contributed by atoms with Gasteiger partial charge in [-0.15, -0.1) is 0 Å². The van der Waals surface area contributed by atoms with Gasteiger partial charge in [0.05, 0.1) is 6.04 Å². The zero-order valence-corrected chi connectivity index (χ0v) is 14.5. The van der Waals surface area contributed by atoms with E-state index in [2.05, 4.69) is 24.2 Å². The highest BCUT2D eigenvalue weighted by Crippen LogP contribution is 2.35. The van der Waals surface area contributed by atoms with Crippen LogP contribution in [0.15, 0.2) is 59.1 Å². The molecular weight excluding hydrogens is 331 g/mol. The minimum atomic E-state index is -0.317. The van der Waals surface area contributed by atoms with Crippen LogP contribution in [-0.4, -0.2) is 22.5 Å². The Morgan fingerprint density at radius 1 is 1.19 bits per heavy atom. The summed E-state index contributed by atoms with van der Waals surface area (Å²) in [6, 6.07) is 15.8. The molecule has 1 unspecified atom stereocenters. The third kappa shape index (κ3) is 3.01. The number of hydrogen-bond donors (Lipinski definition) is 0. The quantitative estimate of drug-likeness (QED) is 0.684. The fourth-order valence-electron chi connectivity index (χ4n) is 3.57. The van der Waals surface area contributed by atoms with E-state index in [0.29, 0.717) is 17.9 Å². The first-order valence-electron chi connectivity index (χ1n) is 8.72. The lowest BCUT2D eigenvalue weighted by Crippen LogP contribution is -2.31. The first kappa shape index (κ1) is 16.5. The number of carbonyl (C=O) groups is 1. The third-order valence-corrected chi connectivity index (χ3v) is 4.92. The van der Waals surface area contributed by atoms with E-state index in [-0.39, 0.29) is 23.5 Å². The average Bonchev–Trinajstić information content (AvgIpc) is 3.32. The number of amides is 1. The summed E-state index contributed by atoms with van der Waals surface area (Å²) in [7, 11) is 0. The molecule has 3 aromatic rings. The van der Waals surface area contributed by atoms with Gasteiger partial charge in [0.1, 0.15) is 5.82 Å². The van der Waals surface area contributed by atoms with Crippen molar-refractivity contribution in [3.63, 3.8) is 0 Å². The van der Waals surface area contributed by atoms with Crippen LogP contribution in [0.5, 0.6) is 0 Å². The highest BCUT2D eigenvalue weighted by Gasteiger charge is 2.32. The molecule has 0 bridgehead atoms. The number of hydrogen-bond acceptors (Lipinski definition) is 3. The Morgan fingerprint density at radius 3 is 2.73 bits per heavy atom. The lowest BCUT2D eigenvalue weighted by atomic mass is 9.99. The molecule has 0 spiro atoms. The van der Waals surface area contributed by atoms with Gasteiger partial charge in [0, 0.05) is 18.2 Å². The van der Waals surface area contributed by atoms with Gasteiger partial charge in [0.2, 0.25) is 0 Å². The molecule has 132 valence electrons. The van der Waals surface area contributed by atoms with E-state index in [1.807, 2.05) is 17.0 Å². The smallest absolute Gasteiger partial charge is 0.276 e. The molecule has 1 amide bonds. The lowest BCUT2D eigenvalue weighted by Gasteiger charge is -2.25. The van der Waals surface area contributed by atoms with E-state index in [9.17, 15) is 9.18 Å². The SMILES string of the molecule is Cc1ccccc1C1CCCN1C(=O)c1cc(-c2ccc(F)cc2)on1. The number of rotatable bonds is 3. The Labute approximate surface area is 151 Å². The van der Waals surface area contributed by atoms with Crippen LogP contribution in [0.1, 0.15) is 40.5 Å². The van der Waals surface area contributed by atoms with Crippen molar-refractivity contribution < 1.29 is 13.7 Å². The van der Waals surface area contributed by atoms with Crippen molar-refractivity contribution in [1.29, 1.82) is 0 Å². The molecule has 1 aliphatic heterocycles. The molecule has 0 aliphatic carbocycles. The summed E-state index contributed by atoms with van der Waals surface area (Å²) in [5.74, 6) is 0.00978. The number of benzene rings is 2. The Kier molecular flexibility index (Phi) is 4.29. The van der Waals surface area contributed by atoms with E-state index in [0.717, 1.165) is 12.8 Å². The number of aryl methyl sites for hydroxylation is 1. The Morgan fingerprint density at radius 2 is 1.96 bits per heavy atom. The topological polar surface area (TPSA) is 46.3 Å². The molecule has 2 heterocycles. The molecule has 0 N–H and O–H groups in total. The second-order valence-corrected chi connectivity index (χ2v) is 6.60. The molecule has 0 radical (unpaired) electrons. The van der Waals surface area contributed by atoms with Crippen LogP contribution in [0.3, 0.4) is 0 Å². The lowest BCUT2D eigenvalue weighted by molar-refractivity contribution is 0.0725. The molecular formula is C21H19FN2O2. The number of likely N-dealkylation sites (tertiary alicyclic amines) is 1. The second-order valence-electron chi connectivity index (χ2n) is 6.60. The Bertz CT molecular complexity index is 933. The first-order valence-corrected chi connectivity index (χ1v) is 8.72. The highest BCUT2D eigenvalue weighted by molar-refractivity contribution is 5.93. The zero-order valence-electron chi connectivity index (χ0n) is 14.5. The van der Waals surface area contributed by atoms with E-state index in [1.165, 1.54) is 23.3 Å². The van der Waals surface area contributed by atoms with Crippen molar-refractivity contribution in [2.24, 2.45) is 0 Å². The highest BCUT2D eigenvalue weighted by atomic mass is 19.1. The predicted molar refractivity (Wildman–Crippen MR) is 96.1 cm³/mol. The van der Waals surface area contributed by atoms with Gasteiger partial charge in [0.15, 0.2) is 11.5 Å². The van der Waals surface area contributed by atoms with Crippen LogP contribution < -0.4 is 0 Å². The van der Waals surface area contributed by atoms with Gasteiger partial charge < -0.3 is 9.42 Å². The predicted octanol–water partition coefficient (Wildman–Crippen LogP) is 4.77. The van der Waals surface area contributed by atoms with Gasteiger partial charge in [-0.2, -0.15) is 0 Å². The van der Waals surface area contributed by atoms with Crippen molar-refractivity contribution >= 4 is 5.91 Å². The molecule has 1 saturated heterocycles. The van der Waals surface area contributed by atoms with Gasteiger partial charge in [0.25, 0.3) is 5.91 Å². The van der Waals surface area contributed by atoms with Crippen LogP contribution in [0.2, 0.25) is 0 Å². The summed E-state index contributed by atoms with van der Waals surface area (Å²) in [5, 5.41) is 3.95. The number of halogens is 1. The molecule has 1 aromatic heterocycles. The van der Waals surface area contributed by atoms with Crippen LogP contribution in [0.25, 0.3) is 11.3 Å². The summed E-state index contributed by atoms with van der Waals surface area (Å²) in [6.45, 7) is 2.77. The largest absolute Gasteiger partial charge is 0.355 e. The van der Waals surface area contributed by atoms with E-state index in [1.54, 1.807) is 18.2 Å². The molecule has 1 aliphatic rings. The van der Waals surface area contributed by atoms with Crippen molar-refractivity contribution in [2.45, 2.75) is 25.8 Å². The minimum Gasteiger partial charge on any atom is -0.355 e. The first-order chi connectivity index (χ1) is 12.6. The van der Waals surface area contributed by atoms with Gasteiger partial charge >= 0.3 is 0 Å². The summed E-state index contributed by atoms with van der Waals surface area (Å²) in [4.78, 5) is 14.9. The molecule has 1 fully saturated rings. The summed E-state index contributed by atoms with van der Waals surface area (Å²) in [6.07, 6.45) is 1.91. The molecule has 26 heavy (non-hydrogen) atoms. The third-order valence-electron chi connectivity index (χ3n) is 4.92. The second kappa shape index (κ2) is 6.75. The average molecular weight is 350 g/mol. The molecule has 4 rings (SSSR count). The number of aromatic nitrogens is 1. The van der Waals surface area contributed by atoms with Crippen molar-refractivity contribution in [2.75, 3.05) is 6.54 Å². The van der Waals surface area contributed by atoms with Gasteiger partial charge in [-0.3, -0.25) is 4.79 Å². The molecule has 5 heteroatoms. The molecule has 0 saturated carbocycles. The zero-order chi connectivity index (χ0) is 18.1. The molecule has 4 nitrogen and oxygen atoms in total. The number of carbonyl (C=O) groups excluding carboxylic acids is 1. The van der Waals surface area contributed by atoms with E-state index < -0.39 is 0 Å². The molecule has 2 aromatic carbocycles. The maximum Gasteiger partial charge on any atom is 0.276 e. The van der Waals surface area contributed by atoms with E-state index in [4.69, 9.17) is 4.52 Å². The van der Waals surface area contributed by atoms with Gasteiger partial charge in [-0.05, 0) is 55.2 Å². The van der Waals surface area contributed by atoms with Gasteiger partial charge in [-0.1, -0.05) is 29.4 Å². The maximum absolute atomic E-state index is 13.1. The maximum atomic E-state index is 13.1. The molecule has 1 atom stereocenters. The van der Waals surface area contributed by atoms with Crippen LogP contribution in [0.4, 0.5) is 4.39 Å². The number of nitrogens with zero attached hydrogens (tertiary/aromatic N) is 2. The monoisotopic (exact) mass is 350 g/mol. The normalized spacial score (nSPS) is 16.8. The minimum absolute atomic E-state index is 0.0645. The summed E-state index contributed by atoms with van der Waals surface area (Å²) >= 11 is 0. The Hall–Kier alpha value is -2.95. The van der Waals surface area contributed by atoms with Crippen LogP contribution >= 0.6 is 0 Å². The van der Waals surface area contributed by atoms with Crippen LogP contribution in [0, 0.1) is 12.7 Å². The fraction of sp³-hybridized carbons (Fsp3) is 0.238. The van der Waals surface area contributed by atoms with Crippen molar-refractivity contribution in [3.8, 4) is 11.3 Å². The van der Waals surface area contributed by atoms with E-state index >= 15 is 0 Å². The van der Waals surface area contributed by atoms with Gasteiger partial charge in [-0.25, -0.2) is 4.39 Å². The van der Waals surface area contributed by atoms with Crippen molar-refractivity contribution in [3.05, 3.63) is 77.2 Å². The Balaban J connectivity index is 1.59. The van der Waals surface area contributed by atoms with Crippen LogP contribution in [-0.2, 0) is 0 Å². The standard InChI is InChI=1S/C21H19FN2O2/c1-14-5-2-3-6-17(14)19-7-4-12-24(19)21(25)18-13-20(26-23-18)15-8-10-16(22)11-9-15/h2-3,5-6,8-11,13,19H,4,7,12H2,1H3. The van der Waals surface area contributed by atoms with Crippen molar-refractivity contribution in [1.82, 2.24) is 10.1 Å². The fourth-order valence-corrected chi connectivity index (χ4v) is 3.57.